The number of likely N-dealkylation sites (tertiary alicyclic amines) is 1. The predicted octanol–water partition coefficient (Wildman–Crippen LogP) is 5.93. The molecular formula is C25H26Cl2N2O2S. The number of anilines is 1. The summed E-state index contributed by atoms with van der Waals surface area (Å²) in [7, 11) is -3.45. The van der Waals surface area contributed by atoms with Crippen LogP contribution < -0.4 is 4.31 Å². The molecule has 1 fully saturated rings. The van der Waals surface area contributed by atoms with Gasteiger partial charge in [-0.1, -0.05) is 59.6 Å². The average molecular weight is 489 g/mol. The van der Waals surface area contributed by atoms with Crippen LogP contribution in [-0.4, -0.2) is 38.2 Å². The van der Waals surface area contributed by atoms with Crippen LogP contribution >= 0.6 is 23.2 Å². The maximum Gasteiger partial charge on any atom is 0.232 e. The number of sulfonamides is 1. The Hall–Kier alpha value is -2.05. The molecule has 0 N–H and O–H groups in total. The van der Waals surface area contributed by atoms with Crippen molar-refractivity contribution in [2.24, 2.45) is 0 Å². The number of aryl methyl sites for hydroxylation is 1. The molecule has 3 aromatic carbocycles. The number of hydrogen-bond donors (Lipinski definition) is 0. The second-order valence-electron chi connectivity index (χ2n) is 8.41. The summed E-state index contributed by atoms with van der Waals surface area (Å²) in [6, 6.07) is 23.1. The molecule has 1 aliphatic heterocycles. The third-order valence-corrected chi connectivity index (χ3v) is 7.80. The monoisotopic (exact) mass is 488 g/mol. The van der Waals surface area contributed by atoms with Crippen molar-refractivity contribution < 1.29 is 8.42 Å². The van der Waals surface area contributed by atoms with Crippen molar-refractivity contribution in [2.75, 3.05) is 17.1 Å². The highest BCUT2D eigenvalue weighted by atomic mass is 35.5. The van der Waals surface area contributed by atoms with Crippen molar-refractivity contribution >= 4 is 38.9 Å². The van der Waals surface area contributed by atoms with Crippen molar-refractivity contribution in [3.8, 4) is 0 Å². The molecule has 2 atom stereocenters. The Labute approximate surface area is 200 Å². The fraction of sp³-hybridized carbons (Fsp3) is 0.280. The molecule has 4 rings (SSSR count). The zero-order valence-corrected chi connectivity index (χ0v) is 20.6. The Morgan fingerprint density at radius 2 is 1.47 bits per heavy atom. The molecule has 32 heavy (non-hydrogen) atoms. The molecule has 7 heteroatoms. The van der Waals surface area contributed by atoms with Crippen molar-refractivity contribution in [2.45, 2.75) is 32.0 Å². The second kappa shape index (κ2) is 9.06. The molecule has 3 aromatic rings. The highest BCUT2D eigenvalue weighted by molar-refractivity contribution is 7.92. The Balaban J connectivity index is 1.69. The lowest BCUT2D eigenvalue weighted by Gasteiger charge is -2.54. The number of benzene rings is 3. The molecule has 4 nitrogen and oxygen atoms in total. The van der Waals surface area contributed by atoms with Gasteiger partial charge in [-0.2, -0.15) is 0 Å². The molecule has 1 heterocycles. The summed E-state index contributed by atoms with van der Waals surface area (Å²) in [6.07, 6.45) is 1.28. The minimum Gasteiger partial charge on any atom is -0.285 e. The first-order chi connectivity index (χ1) is 15.1. The van der Waals surface area contributed by atoms with Gasteiger partial charge in [-0.15, -0.1) is 0 Å². The summed E-state index contributed by atoms with van der Waals surface area (Å²) < 4.78 is 27.2. The second-order valence-corrected chi connectivity index (χ2v) is 11.1. The number of nitrogens with zero attached hydrogens (tertiary/aromatic N) is 2. The predicted molar refractivity (Wildman–Crippen MR) is 133 cm³/mol. The van der Waals surface area contributed by atoms with Gasteiger partial charge in [-0.25, -0.2) is 8.42 Å². The zero-order chi connectivity index (χ0) is 23.0. The van der Waals surface area contributed by atoms with Gasteiger partial charge in [0.1, 0.15) is 0 Å². The molecule has 0 spiro atoms. The highest BCUT2D eigenvalue weighted by Gasteiger charge is 2.46. The molecular weight excluding hydrogens is 463 g/mol. The molecule has 1 aliphatic rings. The van der Waals surface area contributed by atoms with E-state index in [0.29, 0.717) is 22.3 Å². The topological polar surface area (TPSA) is 40.6 Å². The molecule has 0 bridgehead atoms. The first-order valence-electron chi connectivity index (χ1n) is 10.5. The highest BCUT2D eigenvalue weighted by Crippen LogP contribution is 2.40. The van der Waals surface area contributed by atoms with E-state index in [4.69, 9.17) is 23.2 Å². The van der Waals surface area contributed by atoms with E-state index in [9.17, 15) is 8.42 Å². The van der Waals surface area contributed by atoms with Crippen molar-refractivity contribution in [1.82, 2.24) is 4.90 Å². The summed E-state index contributed by atoms with van der Waals surface area (Å²) in [6.45, 7) is 4.66. The van der Waals surface area contributed by atoms with E-state index in [2.05, 4.69) is 11.8 Å². The van der Waals surface area contributed by atoms with Gasteiger partial charge in [0.2, 0.25) is 10.0 Å². The summed E-state index contributed by atoms with van der Waals surface area (Å²) in [5.74, 6) is 0. The van der Waals surface area contributed by atoms with Crippen LogP contribution in [0.2, 0.25) is 10.0 Å². The quantitative estimate of drug-likeness (QED) is 0.431. The van der Waals surface area contributed by atoms with E-state index in [0.717, 1.165) is 16.7 Å². The molecule has 1 saturated heterocycles. The van der Waals surface area contributed by atoms with Gasteiger partial charge in [0.25, 0.3) is 0 Å². The summed E-state index contributed by atoms with van der Waals surface area (Å²) in [5, 5.41) is 1.36. The van der Waals surface area contributed by atoms with Crippen LogP contribution in [0.15, 0.2) is 72.8 Å². The number of halogens is 2. The average Bonchev–Trinajstić information content (AvgIpc) is 2.74. The standard InChI is InChI=1S/C25H26Cl2N2O2S/c1-17-5-4-6-23(15-17)29(32(3,30)31)24-16-28(18(24)2)25(19-7-11-21(26)12-8-19)20-9-13-22(27)14-10-20/h4-15,18,24-25H,16H2,1-3H3. The molecule has 0 aromatic heterocycles. The Morgan fingerprint density at radius 1 is 0.938 bits per heavy atom. The van der Waals surface area contributed by atoms with Gasteiger partial charge in [0.05, 0.1) is 24.0 Å². The third-order valence-electron chi connectivity index (χ3n) is 6.10. The van der Waals surface area contributed by atoms with Crippen LogP contribution in [0.25, 0.3) is 0 Å². The van der Waals surface area contributed by atoms with E-state index < -0.39 is 10.0 Å². The van der Waals surface area contributed by atoms with Gasteiger partial charge in [-0.3, -0.25) is 9.21 Å². The molecule has 0 amide bonds. The van der Waals surface area contributed by atoms with Crippen LogP contribution in [0.1, 0.15) is 29.7 Å². The van der Waals surface area contributed by atoms with Crippen LogP contribution in [0, 0.1) is 6.92 Å². The van der Waals surface area contributed by atoms with Gasteiger partial charge in [0.15, 0.2) is 0 Å². The fourth-order valence-electron chi connectivity index (χ4n) is 4.49. The lowest BCUT2D eigenvalue weighted by molar-refractivity contribution is 0.0470. The van der Waals surface area contributed by atoms with Gasteiger partial charge in [0, 0.05) is 22.6 Å². The van der Waals surface area contributed by atoms with Crippen molar-refractivity contribution in [3.05, 3.63) is 99.5 Å². The van der Waals surface area contributed by atoms with E-state index >= 15 is 0 Å². The molecule has 168 valence electrons. The first kappa shape index (κ1) is 23.1. The lowest BCUT2D eigenvalue weighted by Crippen LogP contribution is -2.67. The van der Waals surface area contributed by atoms with Gasteiger partial charge in [-0.05, 0) is 66.9 Å². The third kappa shape index (κ3) is 4.67. The molecule has 0 saturated carbocycles. The Kier molecular flexibility index (Phi) is 6.55. The van der Waals surface area contributed by atoms with Gasteiger partial charge >= 0.3 is 0 Å². The number of rotatable bonds is 6. The fourth-order valence-corrected chi connectivity index (χ4v) is 5.97. The first-order valence-corrected chi connectivity index (χ1v) is 13.1. The minimum absolute atomic E-state index is 0.00148. The van der Waals surface area contributed by atoms with Crippen molar-refractivity contribution in [1.29, 1.82) is 0 Å². The smallest absolute Gasteiger partial charge is 0.232 e. The zero-order valence-electron chi connectivity index (χ0n) is 18.2. The number of hydrogen-bond acceptors (Lipinski definition) is 3. The normalized spacial score (nSPS) is 19.1. The van der Waals surface area contributed by atoms with Crippen LogP contribution in [0.3, 0.4) is 0 Å². The maximum absolute atomic E-state index is 12.8. The summed E-state index contributed by atoms with van der Waals surface area (Å²) in [5.41, 5.74) is 3.94. The maximum atomic E-state index is 12.8. The molecule has 0 aliphatic carbocycles. The van der Waals surface area contributed by atoms with Crippen LogP contribution in [0.5, 0.6) is 0 Å². The Bertz CT molecular complexity index is 1150. The van der Waals surface area contributed by atoms with Gasteiger partial charge < -0.3 is 0 Å². The molecule has 2 unspecified atom stereocenters. The van der Waals surface area contributed by atoms with Crippen LogP contribution in [-0.2, 0) is 10.0 Å². The SMILES string of the molecule is Cc1cccc(N(C2CN(C(c3ccc(Cl)cc3)c3ccc(Cl)cc3)C2C)S(C)(=O)=O)c1. The summed E-state index contributed by atoms with van der Waals surface area (Å²) in [4.78, 5) is 2.32. The minimum atomic E-state index is -3.45. The van der Waals surface area contributed by atoms with E-state index in [1.165, 1.54) is 6.26 Å². The van der Waals surface area contributed by atoms with E-state index in [1.807, 2.05) is 79.7 Å². The van der Waals surface area contributed by atoms with Crippen molar-refractivity contribution in [3.63, 3.8) is 0 Å². The Morgan fingerprint density at radius 3 is 1.91 bits per heavy atom. The van der Waals surface area contributed by atoms with E-state index in [1.54, 1.807) is 4.31 Å². The largest absolute Gasteiger partial charge is 0.285 e. The lowest BCUT2D eigenvalue weighted by atomic mass is 9.88. The molecule has 0 radical (unpaired) electrons. The van der Waals surface area contributed by atoms with E-state index in [-0.39, 0.29) is 18.1 Å². The summed E-state index contributed by atoms with van der Waals surface area (Å²) >= 11 is 12.3. The van der Waals surface area contributed by atoms with Crippen LogP contribution in [0.4, 0.5) is 5.69 Å².